The van der Waals surface area contributed by atoms with Gasteiger partial charge in [0, 0.05) is 46.7 Å². The van der Waals surface area contributed by atoms with E-state index in [9.17, 15) is 18.0 Å². The lowest BCUT2D eigenvalue weighted by atomic mass is 9.98. The highest BCUT2D eigenvalue weighted by atomic mass is 19.4. The summed E-state index contributed by atoms with van der Waals surface area (Å²) in [6.45, 7) is 7.27. The van der Waals surface area contributed by atoms with Crippen molar-refractivity contribution in [1.29, 1.82) is 0 Å². The molecule has 0 unspecified atom stereocenters. The number of fused-ring (bicyclic) bond motifs is 1. The summed E-state index contributed by atoms with van der Waals surface area (Å²) < 4.78 is 39.0. The van der Waals surface area contributed by atoms with Crippen LogP contribution in [0.15, 0.2) is 48.8 Å². The van der Waals surface area contributed by atoms with Gasteiger partial charge in [-0.25, -0.2) is 15.0 Å². The van der Waals surface area contributed by atoms with E-state index in [1.807, 2.05) is 26.0 Å². The number of amides is 1. The summed E-state index contributed by atoms with van der Waals surface area (Å²) in [4.78, 5) is 32.5. The van der Waals surface area contributed by atoms with Crippen molar-refractivity contribution in [3.8, 4) is 11.1 Å². The van der Waals surface area contributed by atoms with E-state index in [0.29, 0.717) is 11.3 Å². The van der Waals surface area contributed by atoms with Crippen LogP contribution in [0.1, 0.15) is 52.4 Å². The number of benzene rings is 1. The topological polar surface area (TPSA) is 83.9 Å². The quantitative estimate of drug-likeness (QED) is 0.313. The van der Waals surface area contributed by atoms with Crippen LogP contribution in [0.2, 0.25) is 0 Å². The van der Waals surface area contributed by atoms with Gasteiger partial charge in [-0.05, 0) is 94.2 Å². The fraction of sp³-hybridized carbons (Fsp3) is 0.345. The SMILES string of the molecule is Cc1ccc(NC(=O)c2ccnc(C(F)(F)F)c2)cc1-c1cc2cnc(CCCN3CCCC3)nc2nc1C. The molecule has 1 N–H and O–H groups in total. The number of likely N-dealkylation sites (tertiary alicyclic amines) is 1. The molecule has 0 saturated carbocycles. The number of hydrogen-bond donors (Lipinski definition) is 1. The number of aromatic nitrogens is 4. The van der Waals surface area contributed by atoms with Crippen LogP contribution < -0.4 is 5.32 Å². The molecule has 0 bridgehead atoms. The number of nitrogens with one attached hydrogen (secondary N) is 1. The zero-order valence-electron chi connectivity index (χ0n) is 21.8. The van der Waals surface area contributed by atoms with E-state index in [1.54, 1.807) is 18.3 Å². The fourth-order valence-corrected chi connectivity index (χ4v) is 4.87. The molecule has 1 saturated heterocycles. The molecule has 3 aromatic heterocycles. The number of hydrogen-bond acceptors (Lipinski definition) is 6. The Kier molecular flexibility index (Phi) is 7.56. The third kappa shape index (κ3) is 6.22. The Morgan fingerprint density at radius 1 is 1.00 bits per heavy atom. The van der Waals surface area contributed by atoms with E-state index in [-0.39, 0.29) is 5.56 Å². The molecule has 0 radical (unpaired) electrons. The average molecular weight is 535 g/mol. The molecule has 1 fully saturated rings. The zero-order valence-corrected chi connectivity index (χ0v) is 21.8. The molecule has 4 aromatic rings. The third-order valence-corrected chi connectivity index (χ3v) is 6.98. The zero-order chi connectivity index (χ0) is 27.6. The van der Waals surface area contributed by atoms with E-state index in [0.717, 1.165) is 65.2 Å². The van der Waals surface area contributed by atoms with E-state index in [4.69, 9.17) is 4.98 Å². The molecule has 202 valence electrons. The van der Waals surface area contributed by atoms with E-state index in [1.165, 1.54) is 32.0 Å². The molecular weight excluding hydrogens is 505 g/mol. The van der Waals surface area contributed by atoms with Crippen molar-refractivity contribution in [2.24, 2.45) is 0 Å². The molecule has 39 heavy (non-hydrogen) atoms. The number of nitrogens with zero attached hydrogens (tertiary/aromatic N) is 5. The van der Waals surface area contributed by atoms with Crippen LogP contribution in [-0.4, -0.2) is 50.4 Å². The molecule has 1 amide bonds. The van der Waals surface area contributed by atoms with Gasteiger partial charge >= 0.3 is 6.18 Å². The number of aryl methyl sites for hydroxylation is 3. The minimum atomic E-state index is -4.63. The predicted octanol–water partition coefficient (Wildman–Crippen LogP) is 6.00. The first-order valence-corrected chi connectivity index (χ1v) is 13.0. The lowest BCUT2D eigenvalue weighted by Crippen LogP contribution is -2.21. The standard InChI is InChI=1S/C29H29F3N6O/c1-18-7-8-22(36-28(39)20-9-10-33-25(15-20)29(30,31)32)16-23(18)24-14-21-17-34-26(37-27(21)35-19(24)2)6-5-13-38-11-3-4-12-38/h7-10,14-17H,3-6,11-13H2,1-2H3,(H,36,39). The van der Waals surface area contributed by atoms with Crippen LogP contribution in [0, 0.1) is 13.8 Å². The second kappa shape index (κ2) is 11.1. The van der Waals surface area contributed by atoms with Gasteiger partial charge in [-0.3, -0.25) is 9.78 Å². The van der Waals surface area contributed by atoms with Crippen LogP contribution in [0.5, 0.6) is 0 Å². The maximum atomic E-state index is 13.0. The van der Waals surface area contributed by atoms with E-state index in [2.05, 4.69) is 25.2 Å². The molecule has 5 rings (SSSR count). The smallest absolute Gasteiger partial charge is 0.322 e. The summed E-state index contributed by atoms with van der Waals surface area (Å²) >= 11 is 0. The van der Waals surface area contributed by atoms with Gasteiger partial charge in [0.15, 0.2) is 5.65 Å². The van der Waals surface area contributed by atoms with Gasteiger partial charge in [0.1, 0.15) is 11.5 Å². The van der Waals surface area contributed by atoms with Crippen molar-refractivity contribution >= 4 is 22.6 Å². The summed E-state index contributed by atoms with van der Waals surface area (Å²) in [6.07, 6.45) is 2.51. The first-order chi connectivity index (χ1) is 18.7. The van der Waals surface area contributed by atoms with Crippen molar-refractivity contribution in [3.63, 3.8) is 0 Å². The van der Waals surface area contributed by atoms with Crippen LogP contribution >= 0.6 is 0 Å². The van der Waals surface area contributed by atoms with Crippen LogP contribution in [0.25, 0.3) is 22.2 Å². The molecule has 1 aliphatic heterocycles. The molecule has 10 heteroatoms. The molecule has 0 atom stereocenters. The number of carbonyl (C=O) groups excluding carboxylic acids is 1. The minimum Gasteiger partial charge on any atom is -0.322 e. The van der Waals surface area contributed by atoms with Crippen molar-refractivity contribution in [2.45, 2.75) is 45.7 Å². The summed E-state index contributed by atoms with van der Waals surface area (Å²) in [5.74, 6) is 0.128. The number of anilines is 1. The van der Waals surface area contributed by atoms with Gasteiger partial charge in [0.05, 0.1) is 0 Å². The maximum Gasteiger partial charge on any atom is 0.433 e. The lowest BCUT2D eigenvalue weighted by Gasteiger charge is -2.14. The first kappa shape index (κ1) is 26.7. The summed E-state index contributed by atoms with van der Waals surface area (Å²) in [7, 11) is 0. The Morgan fingerprint density at radius 3 is 2.56 bits per heavy atom. The molecule has 7 nitrogen and oxygen atoms in total. The Bertz CT molecular complexity index is 1520. The minimum absolute atomic E-state index is 0.128. The highest BCUT2D eigenvalue weighted by Gasteiger charge is 2.33. The normalized spacial score (nSPS) is 14.2. The molecule has 0 aliphatic carbocycles. The van der Waals surface area contributed by atoms with Crippen LogP contribution in [-0.2, 0) is 12.6 Å². The number of rotatable bonds is 7. The Hall–Kier alpha value is -3.92. The fourth-order valence-electron chi connectivity index (χ4n) is 4.87. The lowest BCUT2D eigenvalue weighted by molar-refractivity contribution is -0.141. The van der Waals surface area contributed by atoms with Crippen molar-refractivity contribution in [1.82, 2.24) is 24.8 Å². The maximum absolute atomic E-state index is 13.0. The van der Waals surface area contributed by atoms with E-state index < -0.39 is 17.8 Å². The molecule has 1 aliphatic rings. The molecule has 4 heterocycles. The highest BCUT2D eigenvalue weighted by molar-refractivity contribution is 6.04. The van der Waals surface area contributed by atoms with Gasteiger partial charge in [0.25, 0.3) is 5.91 Å². The summed E-state index contributed by atoms with van der Waals surface area (Å²) in [6, 6.07) is 9.33. The monoisotopic (exact) mass is 534 g/mol. The molecule has 0 spiro atoms. The highest BCUT2D eigenvalue weighted by Crippen LogP contribution is 2.31. The van der Waals surface area contributed by atoms with Gasteiger partial charge in [-0.15, -0.1) is 0 Å². The largest absolute Gasteiger partial charge is 0.433 e. The van der Waals surface area contributed by atoms with Crippen molar-refractivity contribution < 1.29 is 18.0 Å². The molecular formula is C29H29F3N6O. The first-order valence-electron chi connectivity index (χ1n) is 13.0. The Balaban J connectivity index is 1.35. The second-order valence-corrected chi connectivity index (χ2v) is 9.88. The average Bonchev–Trinajstić information content (AvgIpc) is 3.43. The number of alkyl halides is 3. The summed E-state index contributed by atoms with van der Waals surface area (Å²) in [5.41, 5.74) is 3.30. The van der Waals surface area contributed by atoms with Crippen molar-refractivity contribution in [2.75, 3.05) is 25.0 Å². The predicted molar refractivity (Wildman–Crippen MR) is 143 cm³/mol. The second-order valence-electron chi connectivity index (χ2n) is 9.88. The van der Waals surface area contributed by atoms with Gasteiger partial charge in [-0.2, -0.15) is 13.2 Å². The van der Waals surface area contributed by atoms with Gasteiger partial charge in [0.2, 0.25) is 0 Å². The van der Waals surface area contributed by atoms with Crippen LogP contribution in [0.4, 0.5) is 18.9 Å². The number of carbonyl (C=O) groups is 1. The van der Waals surface area contributed by atoms with E-state index >= 15 is 0 Å². The third-order valence-electron chi connectivity index (χ3n) is 6.98. The number of pyridine rings is 2. The number of halogens is 3. The molecule has 1 aromatic carbocycles. The Morgan fingerprint density at radius 2 is 1.79 bits per heavy atom. The van der Waals surface area contributed by atoms with Gasteiger partial charge in [-0.1, -0.05) is 6.07 Å². The van der Waals surface area contributed by atoms with Crippen LogP contribution in [0.3, 0.4) is 0 Å². The Labute approximate surface area is 224 Å². The van der Waals surface area contributed by atoms with Gasteiger partial charge < -0.3 is 10.2 Å². The summed E-state index contributed by atoms with van der Waals surface area (Å²) in [5, 5.41) is 3.50. The van der Waals surface area contributed by atoms with Crippen molar-refractivity contribution in [3.05, 3.63) is 77.1 Å².